The summed E-state index contributed by atoms with van der Waals surface area (Å²) in [6.45, 7) is 0.666. The molecule has 6 heteroatoms. The van der Waals surface area contributed by atoms with Crippen molar-refractivity contribution in [3.05, 3.63) is 46.2 Å². The third-order valence-electron chi connectivity index (χ3n) is 3.32. The largest absolute Gasteiger partial charge is 0.482 e. The fraction of sp³-hybridized carbons (Fsp3) is 0.250. The average molecular weight is 316 g/mol. The van der Waals surface area contributed by atoms with E-state index in [9.17, 15) is 9.59 Å². The fourth-order valence-electron chi connectivity index (χ4n) is 2.27. The van der Waals surface area contributed by atoms with E-state index in [1.807, 2.05) is 17.5 Å². The second kappa shape index (κ2) is 6.62. The lowest BCUT2D eigenvalue weighted by molar-refractivity contribution is -0.120. The lowest BCUT2D eigenvalue weighted by atomic mass is 10.1. The Labute approximate surface area is 132 Å². The molecule has 0 saturated heterocycles. The molecule has 1 aromatic carbocycles. The van der Waals surface area contributed by atoms with Crippen molar-refractivity contribution in [1.82, 2.24) is 5.32 Å². The first-order valence-electron chi connectivity index (χ1n) is 7.05. The van der Waals surface area contributed by atoms with Crippen molar-refractivity contribution in [3.8, 4) is 5.75 Å². The zero-order chi connectivity index (χ0) is 15.4. The number of thiophene rings is 1. The van der Waals surface area contributed by atoms with Gasteiger partial charge >= 0.3 is 0 Å². The Morgan fingerprint density at radius 2 is 2.27 bits per heavy atom. The van der Waals surface area contributed by atoms with Crippen LogP contribution in [0.4, 0.5) is 5.69 Å². The third-order valence-corrected chi connectivity index (χ3v) is 4.25. The molecule has 0 atom stereocenters. The number of hydrogen-bond donors (Lipinski definition) is 2. The molecule has 5 nitrogen and oxygen atoms in total. The van der Waals surface area contributed by atoms with E-state index in [0.29, 0.717) is 18.0 Å². The van der Waals surface area contributed by atoms with E-state index in [0.717, 1.165) is 12.0 Å². The highest BCUT2D eigenvalue weighted by molar-refractivity contribution is 7.09. The fourth-order valence-corrected chi connectivity index (χ4v) is 2.98. The molecule has 0 fully saturated rings. The maximum atomic E-state index is 11.9. The summed E-state index contributed by atoms with van der Waals surface area (Å²) in [6, 6.07) is 9.47. The summed E-state index contributed by atoms with van der Waals surface area (Å²) in [4.78, 5) is 24.5. The predicted molar refractivity (Wildman–Crippen MR) is 85.3 cm³/mol. The molecule has 0 bridgehead atoms. The third kappa shape index (κ3) is 3.65. The molecule has 114 valence electrons. The second-order valence-corrected chi connectivity index (χ2v) is 6.06. The van der Waals surface area contributed by atoms with Crippen molar-refractivity contribution in [2.75, 3.05) is 18.5 Å². The van der Waals surface area contributed by atoms with E-state index in [1.165, 1.54) is 4.88 Å². The number of carbonyl (C=O) groups is 2. The van der Waals surface area contributed by atoms with Gasteiger partial charge in [0.05, 0.1) is 12.1 Å². The lowest BCUT2D eigenvalue weighted by Gasteiger charge is -2.18. The van der Waals surface area contributed by atoms with Gasteiger partial charge in [-0.3, -0.25) is 9.59 Å². The van der Waals surface area contributed by atoms with Crippen LogP contribution in [0.1, 0.15) is 10.4 Å². The molecule has 2 aromatic rings. The molecule has 2 heterocycles. The predicted octanol–water partition coefficient (Wildman–Crippen LogP) is 1.98. The van der Waals surface area contributed by atoms with E-state index in [2.05, 4.69) is 16.7 Å². The van der Waals surface area contributed by atoms with Crippen LogP contribution in [0.25, 0.3) is 0 Å². The van der Waals surface area contributed by atoms with Gasteiger partial charge in [-0.25, -0.2) is 0 Å². The molecular formula is C16H16N2O3S. The molecule has 1 aliphatic rings. The summed E-state index contributed by atoms with van der Waals surface area (Å²) in [6.07, 6.45) is 1.13. The van der Waals surface area contributed by atoms with E-state index < -0.39 is 0 Å². The Bertz CT molecular complexity index is 683. The van der Waals surface area contributed by atoms with Crippen LogP contribution in [0.2, 0.25) is 0 Å². The molecule has 1 aromatic heterocycles. The molecule has 0 spiro atoms. The number of ether oxygens (including phenoxy) is 1. The van der Waals surface area contributed by atoms with Crippen molar-refractivity contribution in [3.63, 3.8) is 0 Å². The molecule has 0 aliphatic carbocycles. The highest BCUT2D eigenvalue weighted by Gasteiger charge is 2.16. The zero-order valence-corrected chi connectivity index (χ0v) is 12.7. The van der Waals surface area contributed by atoms with Crippen LogP contribution in [0.15, 0.2) is 35.7 Å². The van der Waals surface area contributed by atoms with Gasteiger partial charge in [0.15, 0.2) is 6.61 Å². The summed E-state index contributed by atoms with van der Waals surface area (Å²) in [5.41, 5.74) is 1.47. The topological polar surface area (TPSA) is 67.4 Å². The van der Waals surface area contributed by atoms with Crippen LogP contribution in [0.3, 0.4) is 0 Å². The standard InChI is InChI=1S/C16H16N2O3S/c19-15(17-6-5-12-2-1-7-22-12)9-11-3-4-14-13(8-11)18-16(20)10-21-14/h1-4,7-8H,5-6,9-10H2,(H,17,19)(H,18,20). The lowest BCUT2D eigenvalue weighted by Crippen LogP contribution is -2.28. The van der Waals surface area contributed by atoms with Gasteiger partial charge in [0.2, 0.25) is 5.91 Å². The SMILES string of the molecule is O=C(Cc1ccc2c(c1)NC(=O)CO2)NCCc1cccs1. The van der Waals surface area contributed by atoms with Crippen LogP contribution in [0, 0.1) is 0 Å². The maximum Gasteiger partial charge on any atom is 0.262 e. The molecule has 2 amide bonds. The van der Waals surface area contributed by atoms with Crippen molar-refractivity contribution in [2.24, 2.45) is 0 Å². The minimum absolute atomic E-state index is 0.0282. The van der Waals surface area contributed by atoms with E-state index in [4.69, 9.17) is 4.74 Å². The molecule has 22 heavy (non-hydrogen) atoms. The normalized spacial score (nSPS) is 13.0. The van der Waals surface area contributed by atoms with Gasteiger partial charge in [-0.05, 0) is 35.6 Å². The number of hydrogen-bond acceptors (Lipinski definition) is 4. The van der Waals surface area contributed by atoms with Gasteiger partial charge in [-0.2, -0.15) is 0 Å². The van der Waals surface area contributed by atoms with Gasteiger partial charge in [-0.15, -0.1) is 11.3 Å². The second-order valence-electron chi connectivity index (χ2n) is 5.02. The number of benzene rings is 1. The first-order chi connectivity index (χ1) is 10.7. The van der Waals surface area contributed by atoms with Crippen molar-refractivity contribution in [1.29, 1.82) is 0 Å². The molecule has 2 N–H and O–H groups in total. The minimum Gasteiger partial charge on any atom is -0.482 e. The van der Waals surface area contributed by atoms with Crippen molar-refractivity contribution in [2.45, 2.75) is 12.8 Å². The van der Waals surface area contributed by atoms with Crippen LogP contribution in [-0.2, 0) is 22.4 Å². The summed E-state index contributed by atoms with van der Waals surface area (Å²) in [5.74, 6) is 0.436. The highest BCUT2D eigenvalue weighted by Crippen LogP contribution is 2.28. The molecule has 1 aliphatic heterocycles. The van der Waals surface area contributed by atoms with Crippen LogP contribution >= 0.6 is 11.3 Å². The Hall–Kier alpha value is -2.34. The number of carbonyl (C=O) groups excluding carboxylic acids is 2. The van der Waals surface area contributed by atoms with Gasteiger partial charge in [0.25, 0.3) is 5.91 Å². The molecular weight excluding hydrogens is 300 g/mol. The number of nitrogens with one attached hydrogen (secondary N) is 2. The smallest absolute Gasteiger partial charge is 0.262 e. The van der Waals surface area contributed by atoms with Gasteiger partial charge in [0.1, 0.15) is 5.75 Å². The summed E-state index contributed by atoms with van der Waals surface area (Å²) >= 11 is 1.69. The van der Waals surface area contributed by atoms with Crippen LogP contribution in [-0.4, -0.2) is 25.0 Å². The van der Waals surface area contributed by atoms with E-state index >= 15 is 0 Å². The number of anilines is 1. The first-order valence-corrected chi connectivity index (χ1v) is 7.93. The van der Waals surface area contributed by atoms with Crippen LogP contribution < -0.4 is 15.4 Å². The molecule has 0 unspecified atom stereocenters. The number of fused-ring (bicyclic) bond motifs is 1. The first kappa shape index (κ1) is 14.6. The Balaban J connectivity index is 1.53. The quantitative estimate of drug-likeness (QED) is 0.886. The number of amides is 2. The Morgan fingerprint density at radius 1 is 1.36 bits per heavy atom. The Kier molecular flexibility index (Phi) is 4.39. The summed E-state index contributed by atoms with van der Waals surface area (Å²) in [7, 11) is 0. The number of rotatable bonds is 5. The Morgan fingerprint density at radius 3 is 3.09 bits per heavy atom. The summed E-state index contributed by atoms with van der Waals surface area (Å²) < 4.78 is 5.29. The average Bonchev–Trinajstić information content (AvgIpc) is 3.00. The highest BCUT2D eigenvalue weighted by atomic mass is 32.1. The monoisotopic (exact) mass is 316 g/mol. The van der Waals surface area contributed by atoms with Gasteiger partial charge in [0, 0.05) is 11.4 Å². The minimum atomic E-state index is -0.176. The van der Waals surface area contributed by atoms with Crippen molar-refractivity contribution < 1.29 is 14.3 Å². The maximum absolute atomic E-state index is 11.9. The van der Waals surface area contributed by atoms with E-state index in [-0.39, 0.29) is 24.8 Å². The van der Waals surface area contributed by atoms with E-state index in [1.54, 1.807) is 23.5 Å². The van der Waals surface area contributed by atoms with Gasteiger partial charge < -0.3 is 15.4 Å². The molecule has 0 radical (unpaired) electrons. The molecule has 0 saturated carbocycles. The van der Waals surface area contributed by atoms with Crippen LogP contribution in [0.5, 0.6) is 5.75 Å². The zero-order valence-electron chi connectivity index (χ0n) is 11.9. The van der Waals surface area contributed by atoms with Crippen molar-refractivity contribution >= 4 is 28.8 Å². The summed E-state index contributed by atoms with van der Waals surface area (Å²) in [5, 5.41) is 7.68. The van der Waals surface area contributed by atoms with Gasteiger partial charge in [-0.1, -0.05) is 12.1 Å². The molecule has 3 rings (SSSR count).